The van der Waals surface area contributed by atoms with Crippen molar-refractivity contribution in [3.63, 3.8) is 0 Å². The number of nitrogens with one attached hydrogen (secondary N) is 1. The predicted molar refractivity (Wildman–Crippen MR) is 38.3 cm³/mol. The van der Waals surface area contributed by atoms with Gasteiger partial charge in [0.25, 0.3) is 0 Å². The third-order valence-corrected chi connectivity index (χ3v) is 2.91. The van der Waals surface area contributed by atoms with Crippen molar-refractivity contribution in [2.45, 2.75) is 25.7 Å². The molecular weight excluding hydrogens is 110 g/mol. The van der Waals surface area contributed by atoms with Gasteiger partial charge < -0.3 is 5.32 Å². The molecule has 0 aromatic rings. The van der Waals surface area contributed by atoms with Gasteiger partial charge in [-0.2, -0.15) is 0 Å². The first-order chi connectivity index (χ1) is 4.47. The van der Waals surface area contributed by atoms with Gasteiger partial charge in [-0.15, -0.1) is 0 Å². The molecule has 1 N–H and O–H groups in total. The molecule has 1 saturated carbocycles. The van der Waals surface area contributed by atoms with Gasteiger partial charge in [-0.1, -0.05) is 12.8 Å². The van der Waals surface area contributed by atoms with Gasteiger partial charge in [0.05, 0.1) is 0 Å². The molecule has 1 heterocycles. The van der Waals surface area contributed by atoms with E-state index in [1.807, 2.05) is 0 Å². The van der Waals surface area contributed by atoms with Crippen LogP contribution in [-0.4, -0.2) is 13.1 Å². The Balaban J connectivity index is 1.97. The smallest absolute Gasteiger partial charge is 0.00179 e. The Morgan fingerprint density at radius 1 is 1.00 bits per heavy atom. The van der Waals surface area contributed by atoms with Crippen molar-refractivity contribution in [2.75, 3.05) is 13.1 Å². The number of rotatable bonds is 0. The van der Waals surface area contributed by atoms with E-state index < -0.39 is 0 Å². The predicted octanol–water partition coefficient (Wildman–Crippen LogP) is 1.40. The van der Waals surface area contributed by atoms with Crippen molar-refractivity contribution in [1.82, 2.24) is 5.32 Å². The van der Waals surface area contributed by atoms with Gasteiger partial charge in [-0.25, -0.2) is 0 Å². The van der Waals surface area contributed by atoms with Crippen LogP contribution >= 0.6 is 0 Å². The molecule has 2 rings (SSSR count). The normalized spacial score (nSPS) is 42.7. The Labute approximate surface area is 56.8 Å². The molecule has 0 bridgehead atoms. The van der Waals surface area contributed by atoms with Crippen molar-refractivity contribution in [3.8, 4) is 0 Å². The maximum Gasteiger partial charge on any atom is -0.00179 e. The third kappa shape index (κ3) is 0.983. The molecule has 2 aliphatic rings. The van der Waals surface area contributed by atoms with Crippen LogP contribution in [0.2, 0.25) is 0 Å². The minimum atomic E-state index is 1.05. The Hall–Kier alpha value is -0.0400. The first-order valence-electron chi connectivity index (χ1n) is 4.17. The van der Waals surface area contributed by atoms with Crippen LogP contribution in [-0.2, 0) is 0 Å². The summed E-state index contributed by atoms with van der Waals surface area (Å²) in [6, 6.07) is 0. The van der Waals surface area contributed by atoms with Gasteiger partial charge >= 0.3 is 0 Å². The second kappa shape index (κ2) is 2.30. The van der Waals surface area contributed by atoms with E-state index in [1.54, 1.807) is 0 Å². The first-order valence-corrected chi connectivity index (χ1v) is 4.17. The Morgan fingerprint density at radius 2 is 1.89 bits per heavy atom. The fourth-order valence-corrected chi connectivity index (χ4v) is 2.34. The van der Waals surface area contributed by atoms with Crippen LogP contribution in [0.5, 0.6) is 0 Å². The average Bonchev–Trinajstić information content (AvgIpc) is 2.33. The molecule has 0 aromatic carbocycles. The van der Waals surface area contributed by atoms with Gasteiger partial charge in [0.15, 0.2) is 0 Å². The summed E-state index contributed by atoms with van der Waals surface area (Å²) in [5.41, 5.74) is 0. The van der Waals surface area contributed by atoms with Crippen LogP contribution in [0, 0.1) is 11.8 Å². The fourth-order valence-electron chi connectivity index (χ4n) is 2.34. The summed E-state index contributed by atoms with van der Waals surface area (Å²) >= 11 is 0. The van der Waals surface area contributed by atoms with E-state index in [4.69, 9.17) is 0 Å². The molecule has 1 aliphatic carbocycles. The minimum absolute atomic E-state index is 1.05. The van der Waals surface area contributed by atoms with Crippen LogP contribution in [0.3, 0.4) is 0 Å². The Bertz CT molecular complexity index is 88.7. The zero-order chi connectivity index (χ0) is 6.10. The largest absolute Gasteiger partial charge is 0.316 e. The molecule has 9 heavy (non-hydrogen) atoms. The summed E-state index contributed by atoms with van der Waals surface area (Å²) in [6.07, 6.45) is 5.96. The topological polar surface area (TPSA) is 12.0 Å². The summed E-state index contributed by atoms with van der Waals surface area (Å²) < 4.78 is 0. The van der Waals surface area contributed by atoms with Crippen molar-refractivity contribution in [2.24, 2.45) is 11.8 Å². The van der Waals surface area contributed by atoms with E-state index in [1.165, 1.54) is 38.8 Å². The highest BCUT2D eigenvalue weighted by molar-refractivity contribution is 4.82. The molecule has 0 unspecified atom stereocenters. The summed E-state index contributed by atoms with van der Waals surface area (Å²) in [5, 5.41) is 3.46. The third-order valence-electron chi connectivity index (χ3n) is 2.91. The molecule has 1 heteroatoms. The molecule has 1 saturated heterocycles. The summed E-state index contributed by atoms with van der Waals surface area (Å²) in [4.78, 5) is 0. The zero-order valence-electron chi connectivity index (χ0n) is 5.90. The van der Waals surface area contributed by atoms with Gasteiger partial charge in [-0.05, 0) is 37.8 Å². The minimum Gasteiger partial charge on any atom is -0.316 e. The van der Waals surface area contributed by atoms with Crippen LogP contribution in [0.4, 0.5) is 0 Å². The van der Waals surface area contributed by atoms with Crippen molar-refractivity contribution in [1.29, 1.82) is 0 Å². The van der Waals surface area contributed by atoms with E-state index in [9.17, 15) is 0 Å². The average molecular weight is 125 g/mol. The number of piperidine rings is 1. The molecule has 1 nitrogen and oxygen atoms in total. The summed E-state index contributed by atoms with van der Waals surface area (Å²) in [5.74, 6) is 2.16. The lowest BCUT2D eigenvalue weighted by Gasteiger charge is -2.25. The fraction of sp³-hybridized carbons (Fsp3) is 1.00. The highest BCUT2D eigenvalue weighted by atomic mass is 14.9. The SMILES string of the molecule is C1C[C@H]2CCNC[C@@H]2C1. The van der Waals surface area contributed by atoms with E-state index in [-0.39, 0.29) is 0 Å². The molecule has 0 radical (unpaired) electrons. The second-order valence-electron chi connectivity index (χ2n) is 3.44. The lowest BCUT2D eigenvalue weighted by molar-refractivity contribution is 0.295. The maximum atomic E-state index is 3.46. The van der Waals surface area contributed by atoms with E-state index in [2.05, 4.69) is 5.32 Å². The zero-order valence-corrected chi connectivity index (χ0v) is 5.90. The van der Waals surface area contributed by atoms with Crippen molar-refractivity contribution >= 4 is 0 Å². The Kier molecular flexibility index (Phi) is 1.46. The highest BCUT2D eigenvalue weighted by Crippen LogP contribution is 2.34. The lowest BCUT2D eigenvalue weighted by atomic mass is 9.90. The number of hydrogen-bond donors (Lipinski definition) is 1. The van der Waals surface area contributed by atoms with Crippen LogP contribution in [0.15, 0.2) is 0 Å². The van der Waals surface area contributed by atoms with Gasteiger partial charge in [0, 0.05) is 0 Å². The number of hydrogen-bond acceptors (Lipinski definition) is 1. The maximum absolute atomic E-state index is 3.46. The molecule has 0 amide bonds. The molecule has 2 atom stereocenters. The van der Waals surface area contributed by atoms with Crippen LogP contribution in [0.25, 0.3) is 0 Å². The highest BCUT2D eigenvalue weighted by Gasteiger charge is 2.28. The molecule has 1 aliphatic heterocycles. The van der Waals surface area contributed by atoms with Crippen LogP contribution < -0.4 is 5.32 Å². The standard InChI is InChI=1S/C8H15N/c1-2-7-4-5-9-6-8(7)3-1/h7-9H,1-6H2/t7-,8-/m0/s1. The lowest BCUT2D eigenvalue weighted by Crippen LogP contribution is -2.33. The van der Waals surface area contributed by atoms with Gasteiger partial charge in [-0.3, -0.25) is 0 Å². The number of fused-ring (bicyclic) bond motifs is 1. The summed E-state index contributed by atoms with van der Waals surface area (Å²) in [6.45, 7) is 2.59. The van der Waals surface area contributed by atoms with E-state index in [0.29, 0.717) is 0 Å². The molecule has 0 spiro atoms. The van der Waals surface area contributed by atoms with E-state index >= 15 is 0 Å². The molecule has 2 fully saturated rings. The Morgan fingerprint density at radius 3 is 2.78 bits per heavy atom. The van der Waals surface area contributed by atoms with Crippen molar-refractivity contribution < 1.29 is 0 Å². The van der Waals surface area contributed by atoms with Gasteiger partial charge in [0.2, 0.25) is 0 Å². The van der Waals surface area contributed by atoms with Crippen molar-refractivity contribution in [3.05, 3.63) is 0 Å². The monoisotopic (exact) mass is 125 g/mol. The molecular formula is C8H15N. The molecule has 0 aromatic heterocycles. The van der Waals surface area contributed by atoms with Crippen LogP contribution in [0.1, 0.15) is 25.7 Å². The quantitative estimate of drug-likeness (QED) is 0.516. The second-order valence-corrected chi connectivity index (χ2v) is 3.44. The molecule has 52 valence electrons. The van der Waals surface area contributed by atoms with E-state index in [0.717, 1.165) is 11.8 Å². The van der Waals surface area contributed by atoms with Gasteiger partial charge in [0.1, 0.15) is 0 Å². The first kappa shape index (κ1) is 5.72. The summed E-state index contributed by atoms with van der Waals surface area (Å²) in [7, 11) is 0.